The molecular weight excluding hydrogens is 444 g/mol. The van der Waals surface area contributed by atoms with Gasteiger partial charge in [-0.05, 0) is 54.4 Å². The van der Waals surface area contributed by atoms with Gasteiger partial charge >= 0.3 is 0 Å². The Morgan fingerprint density at radius 2 is 1.50 bits per heavy atom. The van der Waals surface area contributed by atoms with Crippen LogP contribution in [-0.4, -0.2) is 54.4 Å². The van der Waals surface area contributed by atoms with E-state index in [1.807, 2.05) is 0 Å². The summed E-state index contributed by atoms with van der Waals surface area (Å²) in [6.07, 6.45) is -11.4. The summed E-state index contributed by atoms with van der Waals surface area (Å²) in [7, 11) is 2.61. The number of aliphatic hydroxyl groups is 1. The number of carbonyl (C=O) groups excluding carboxylic acids is 1. The number of benzene rings is 3. The van der Waals surface area contributed by atoms with Crippen molar-refractivity contribution in [2.45, 2.75) is 30.1 Å². The second-order valence-corrected chi connectivity index (χ2v) is 8.38. The van der Waals surface area contributed by atoms with Crippen LogP contribution in [0.1, 0.15) is 52.3 Å². The number of hydrogen-bond acceptors (Lipinski definition) is 3. The molecule has 1 heterocycles. The van der Waals surface area contributed by atoms with Crippen LogP contribution in [0.3, 0.4) is 0 Å². The van der Waals surface area contributed by atoms with Crippen LogP contribution < -0.4 is 0 Å². The maximum atomic E-state index is 14.3. The summed E-state index contributed by atoms with van der Waals surface area (Å²) >= 11 is 5.93. The first-order valence-corrected chi connectivity index (χ1v) is 10.9. The summed E-state index contributed by atoms with van der Waals surface area (Å²) in [4.78, 5) is 14.9. The van der Waals surface area contributed by atoms with E-state index in [-0.39, 0.29) is 16.1 Å². The van der Waals surface area contributed by atoms with E-state index in [0.29, 0.717) is 0 Å². The van der Waals surface area contributed by atoms with Gasteiger partial charge in [-0.2, -0.15) is 0 Å². The monoisotopic (exact) mass is 488 g/mol. The van der Waals surface area contributed by atoms with Crippen molar-refractivity contribution >= 4 is 17.5 Å². The van der Waals surface area contributed by atoms with Gasteiger partial charge in [-0.25, -0.2) is 0 Å². The number of hydrogen-bond donors (Lipinski definition) is 1. The number of amides is 1. The SMILES string of the molecule is [2H]C([2H])(N1C([2H])([2H])C([2H])([2H])C(O)(c2ccc(Cl)cc2)C([2H])([2H])C1([2H])[2H])C([2H])([2H])C(C(=O)N(C)C)(c1ccccc1)c1ccccc1. The van der Waals surface area contributed by atoms with Gasteiger partial charge in [0, 0.05) is 48.6 Å². The fraction of sp³-hybridized carbons (Fsp3) is 0.345. The highest BCUT2D eigenvalue weighted by Gasteiger charge is 2.43. The van der Waals surface area contributed by atoms with E-state index >= 15 is 0 Å². The summed E-state index contributed by atoms with van der Waals surface area (Å²) in [6, 6.07) is 18.8. The van der Waals surface area contributed by atoms with Crippen LogP contribution in [0.4, 0.5) is 0 Å². The quantitative estimate of drug-likeness (QED) is 0.504. The second kappa shape index (κ2) is 10.3. The third-order valence-corrected chi connectivity index (χ3v) is 5.71. The zero-order valence-electron chi connectivity index (χ0n) is 30.7. The van der Waals surface area contributed by atoms with Crippen LogP contribution in [0.25, 0.3) is 0 Å². The molecule has 1 N–H and O–H groups in total. The summed E-state index contributed by atoms with van der Waals surface area (Å²) in [5.41, 5.74) is -7.04. The predicted octanol–water partition coefficient (Wildman–Crippen LogP) is 5.09. The van der Waals surface area contributed by atoms with E-state index in [4.69, 9.17) is 22.6 Å². The average molecular weight is 489 g/mol. The van der Waals surface area contributed by atoms with E-state index in [0.717, 1.165) is 29.2 Å². The molecule has 178 valence electrons. The smallest absolute Gasteiger partial charge is 0.237 e. The number of nitrogens with zero attached hydrogens (tertiary/aromatic N) is 2. The molecule has 0 radical (unpaired) electrons. The molecule has 4 rings (SSSR count). The first-order chi connectivity index (χ1) is 20.9. The fourth-order valence-corrected chi connectivity index (χ4v) is 3.81. The number of piperidine rings is 1. The Hall–Kier alpha value is -2.66. The maximum Gasteiger partial charge on any atom is 0.237 e. The molecule has 0 unspecified atom stereocenters. The van der Waals surface area contributed by atoms with Crippen molar-refractivity contribution in [3.05, 3.63) is 107 Å². The molecule has 0 aromatic heterocycles. The van der Waals surface area contributed by atoms with Gasteiger partial charge in [0.2, 0.25) is 5.91 Å². The lowest BCUT2D eigenvalue weighted by Crippen LogP contribution is -2.48. The van der Waals surface area contributed by atoms with Crippen LogP contribution >= 0.6 is 11.6 Å². The summed E-state index contributed by atoms with van der Waals surface area (Å²) in [5, 5.41) is 11.9. The molecule has 0 atom stereocenters. The Balaban J connectivity index is 2.11. The lowest BCUT2D eigenvalue weighted by molar-refractivity contribution is -0.133. The van der Waals surface area contributed by atoms with Gasteiger partial charge in [0.15, 0.2) is 0 Å². The number of halogens is 1. The van der Waals surface area contributed by atoms with Crippen LogP contribution in [0.15, 0.2) is 84.9 Å². The molecule has 1 aliphatic rings. The van der Waals surface area contributed by atoms with Crippen LogP contribution in [-0.2, 0) is 15.8 Å². The Morgan fingerprint density at radius 3 is 1.97 bits per heavy atom. The average Bonchev–Trinajstić information content (AvgIpc) is 2.97. The Kier molecular flexibility index (Phi) is 4.07. The van der Waals surface area contributed by atoms with Crippen LogP contribution in [0.5, 0.6) is 0 Å². The van der Waals surface area contributed by atoms with Gasteiger partial charge < -0.3 is 14.9 Å². The lowest BCUT2D eigenvalue weighted by atomic mass is 9.70. The minimum Gasteiger partial charge on any atom is -0.385 e. The summed E-state index contributed by atoms with van der Waals surface area (Å²) in [5.74, 6) is -1.01. The zero-order chi connectivity index (χ0) is 34.9. The number of likely N-dealkylation sites (N-methyl/N-ethyl adjacent to an activating group) is 1. The molecule has 0 bridgehead atoms. The standard InChI is InChI=1S/C29H33ClN2O2/c1-31(2)27(33)29(24-9-5-3-6-10-24,25-11-7-4-8-12-25)19-22-32-20-17-28(34,18-21-32)23-13-15-26(30)16-14-23/h3-16,34H,17-22H2,1-2H3/i17D2,18D2,19D2,20D2,21D2,22D2. The molecule has 0 aliphatic carbocycles. The molecule has 3 aromatic carbocycles. The van der Waals surface area contributed by atoms with E-state index in [1.165, 1.54) is 62.6 Å². The van der Waals surface area contributed by atoms with Gasteiger partial charge in [-0.1, -0.05) is 84.4 Å². The molecular formula is C29H33ClN2O2. The van der Waals surface area contributed by atoms with E-state index in [1.54, 1.807) is 12.1 Å². The van der Waals surface area contributed by atoms with Crippen molar-refractivity contribution in [3.63, 3.8) is 0 Å². The second-order valence-electron chi connectivity index (χ2n) is 7.94. The van der Waals surface area contributed by atoms with Crippen LogP contribution in [0.2, 0.25) is 5.02 Å². The van der Waals surface area contributed by atoms with E-state index < -0.39 is 66.0 Å². The molecule has 0 saturated carbocycles. The summed E-state index contributed by atoms with van der Waals surface area (Å²) in [6.45, 7) is -12.0. The highest BCUT2D eigenvalue weighted by atomic mass is 35.5. The van der Waals surface area contributed by atoms with Crippen molar-refractivity contribution < 1.29 is 26.4 Å². The third-order valence-electron chi connectivity index (χ3n) is 5.45. The lowest BCUT2D eigenvalue weighted by Gasteiger charge is -2.41. The number of carbonyl (C=O) groups is 1. The van der Waals surface area contributed by atoms with Crippen LogP contribution in [0, 0.1) is 0 Å². The molecule has 1 fully saturated rings. The van der Waals surface area contributed by atoms with Gasteiger partial charge in [-0.15, -0.1) is 0 Å². The van der Waals surface area contributed by atoms with Crippen molar-refractivity contribution in [3.8, 4) is 0 Å². The first-order valence-electron chi connectivity index (χ1n) is 16.5. The molecule has 5 heteroatoms. The Morgan fingerprint density at radius 1 is 1.00 bits per heavy atom. The van der Waals surface area contributed by atoms with Crippen molar-refractivity contribution in [2.75, 3.05) is 33.6 Å². The van der Waals surface area contributed by atoms with E-state index in [9.17, 15) is 15.4 Å². The first kappa shape index (κ1) is 13.4. The Bertz CT molecular complexity index is 1520. The molecule has 1 saturated heterocycles. The number of likely N-dealkylation sites (tertiary alicyclic amines) is 1. The maximum absolute atomic E-state index is 14.3. The normalized spacial score (nSPS) is 28.2. The predicted molar refractivity (Wildman–Crippen MR) is 138 cm³/mol. The van der Waals surface area contributed by atoms with Gasteiger partial charge in [0.1, 0.15) is 5.41 Å². The molecule has 1 amide bonds. The summed E-state index contributed by atoms with van der Waals surface area (Å²) < 4.78 is 109. The highest BCUT2D eigenvalue weighted by molar-refractivity contribution is 6.30. The third kappa shape index (κ3) is 4.90. The minimum atomic E-state index is -4.03. The van der Waals surface area contributed by atoms with Gasteiger partial charge in [0.25, 0.3) is 0 Å². The minimum absolute atomic E-state index is 0.0874. The Labute approximate surface area is 224 Å². The topological polar surface area (TPSA) is 43.8 Å². The van der Waals surface area contributed by atoms with Gasteiger partial charge in [-0.3, -0.25) is 4.79 Å². The van der Waals surface area contributed by atoms with Crippen molar-refractivity contribution in [2.24, 2.45) is 0 Å². The largest absolute Gasteiger partial charge is 0.385 e. The molecule has 4 nitrogen and oxygen atoms in total. The van der Waals surface area contributed by atoms with Gasteiger partial charge in [0.05, 0.1) is 5.60 Å². The fourth-order valence-electron chi connectivity index (χ4n) is 3.69. The zero-order valence-corrected chi connectivity index (χ0v) is 19.5. The van der Waals surface area contributed by atoms with E-state index in [2.05, 4.69) is 0 Å². The highest BCUT2D eigenvalue weighted by Crippen LogP contribution is 2.39. The molecule has 0 spiro atoms. The molecule has 34 heavy (non-hydrogen) atoms. The van der Waals surface area contributed by atoms with Crippen molar-refractivity contribution in [1.29, 1.82) is 0 Å². The molecule has 1 aliphatic heterocycles. The number of rotatable bonds is 7. The molecule has 3 aromatic rings. The van der Waals surface area contributed by atoms with Crippen molar-refractivity contribution in [1.82, 2.24) is 9.80 Å².